The van der Waals surface area contributed by atoms with Gasteiger partial charge in [0.1, 0.15) is 0 Å². The van der Waals surface area contributed by atoms with Crippen LogP contribution < -0.4 is 9.75 Å². The van der Waals surface area contributed by atoms with Crippen LogP contribution in [0.2, 0.25) is 5.02 Å². The zero-order chi connectivity index (χ0) is 10.1. The van der Waals surface area contributed by atoms with Crippen LogP contribution in [-0.2, 0) is 0 Å². The van der Waals surface area contributed by atoms with Crippen molar-refractivity contribution in [1.29, 1.82) is 0 Å². The van der Waals surface area contributed by atoms with Crippen LogP contribution in [0.1, 0.15) is 0 Å². The molecule has 0 amide bonds. The van der Waals surface area contributed by atoms with Crippen molar-refractivity contribution in [3.05, 3.63) is 48.6 Å². The molecule has 0 unspecified atom stereocenters. The van der Waals surface area contributed by atoms with E-state index in [2.05, 4.69) is 0 Å². The van der Waals surface area contributed by atoms with Crippen molar-refractivity contribution >= 4 is 32.3 Å². The van der Waals surface area contributed by atoms with Gasteiger partial charge < -0.3 is 0 Å². The van der Waals surface area contributed by atoms with Gasteiger partial charge >= 0.3 is 9.75 Å². The van der Waals surface area contributed by atoms with Crippen molar-refractivity contribution in [2.45, 2.75) is 0 Å². The summed E-state index contributed by atoms with van der Waals surface area (Å²) in [5.41, 5.74) is 0.557. The first-order chi connectivity index (χ1) is 6.68. The maximum atomic E-state index is 11.3. The van der Waals surface area contributed by atoms with Crippen LogP contribution >= 0.6 is 32.3 Å². The normalized spacial score (nSPS) is 10.4. The average molecular weight is 246 g/mol. The maximum Gasteiger partial charge on any atom is 0.325 e. The molecule has 0 aliphatic carbocycles. The molecule has 0 aliphatic rings. The van der Waals surface area contributed by atoms with E-state index in [1.54, 1.807) is 24.3 Å². The standard InChI is InChI=1S/C8H4ClNO2S2/c9-5-1-3-6(4-2-5)10-7(11)13-14-8(10)12/h1-4H. The first-order valence-electron chi connectivity index (χ1n) is 3.66. The third kappa shape index (κ3) is 1.66. The molecule has 0 saturated carbocycles. The van der Waals surface area contributed by atoms with Crippen LogP contribution in [0.3, 0.4) is 0 Å². The molecule has 14 heavy (non-hydrogen) atoms. The van der Waals surface area contributed by atoms with Crippen LogP contribution in [0, 0.1) is 0 Å². The number of aromatic nitrogens is 1. The summed E-state index contributed by atoms with van der Waals surface area (Å²) in [6.07, 6.45) is 0. The summed E-state index contributed by atoms with van der Waals surface area (Å²) in [6, 6.07) is 6.57. The van der Waals surface area contributed by atoms with E-state index in [4.69, 9.17) is 11.6 Å². The van der Waals surface area contributed by atoms with Gasteiger partial charge in [0, 0.05) is 5.02 Å². The van der Waals surface area contributed by atoms with E-state index < -0.39 is 0 Å². The molecule has 3 nitrogen and oxygen atoms in total. The van der Waals surface area contributed by atoms with Crippen LogP contribution in [0.25, 0.3) is 5.69 Å². The monoisotopic (exact) mass is 245 g/mol. The number of nitrogens with zero attached hydrogens (tertiary/aromatic N) is 1. The minimum absolute atomic E-state index is 0.262. The average Bonchev–Trinajstić information content (AvgIpc) is 2.49. The molecule has 0 spiro atoms. The Morgan fingerprint density at radius 1 is 1.00 bits per heavy atom. The van der Waals surface area contributed by atoms with Crippen LogP contribution in [0.5, 0.6) is 0 Å². The van der Waals surface area contributed by atoms with Crippen LogP contribution in [-0.4, -0.2) is 4.57 Å². The summed E-state index contributed by atoms with van der Waals surface area (Å²) >= 11 is 5.69. The van der Waals surface area contributed by atoms with E-state index in [-0.39, 0.29) is 9.75 Å². The summed E-state index contributed by atoms with van der Waals surface area (Å²) in [4.78, 5) is 22.0. The van der Waals surface area contributed by atoms with E-state index in [1.165, 1.54) is 0 Å². The summed E-state index contributed by atoms with van der Waals surface area (Å²) in [5, 5.41) is 0.577. The molecule has 6 heteroatoms. The first kappa shape index (κ1) is 9.64. The second-order valence-corrected chi connectivity index (χ2v) is 4.98. The Kier molecular flexibility index (Phi) is 2.54. The first-order valence-corrected chi connectivity index (χ1v) is 6.19. The Labute approximate surface area is 91.2 Å². The summed E-state index contributed by atoms with van der Waals surface area (Å²) in [7, 11) is 1.87. The van der Waals surface area contributed by atoms with Crippen molar-refractivity contribution < 1.29 is 0 Å². The molecule has 0 atom stereocenters. The van der Waals surface area contributed by atoms with Crippen molar-refractivity contribution in [2.24, 2.45) is 0 Å². The molecular weight excluding hydrogens is 242 g/mol. The molecule has 0 aliphatic heterocycles. The fourth-order valence-electron chi connectivity index (χ4n) is 1.02. The van der Waals surface area contributed by atoms with Crippen molar-refractivity contribution in [2.75, 3.05) is 0 Å². The lowest BCUT2D eigenvalue weighted by molar-refractivity contribution is 1.01. The number of halogens is 1. The topological polar surface area (TPSA) is 39.1 Å². The van der Waals surface area contributed by atoms with Gasteiger partial charge in [-0.3, -0.25) is 9.59 Å². The van der Waals surface area contributed by atoms with Gasteiger partial charge in [-0.05, 0) is 44.9 Å². The third-order valence-electron chi connectivity index (χ3n) is 1.63. The highest BCUT2D eigenvalue weighted by atomic mass is 35.5. The van der Waals surface area contributed by atoms with E-state index in [0.717, 1.165) is 25.2 Å². The number of hydrogen-bond acceptors (Lipinski definition) is 4. The van der Waals surface area contributed by atoms with E-state index in [9.17, 15) is 9.59 Å². The highest BCUT2D eigenvalue weighted by molar-refractivity contribution is 7.67. The number of rotatable bonds is 1. The predicted octanol–water partition coefficient (Wildman–Crippen LogP) is 1.97. The molecule has 2 rings (SSSR count). The SMILES string of the molecule is O=c1ssc(=O)n1-c1ccc(Cl)cc1. The van der Waals surface area contributed by atoms with E-state index in [1.807, 2.05) is 0 Å². The zero-order valence-electron chi connectivity index (χ0n) is 6.77. The zero-order valence-corrected chi connectivity index (χ0v) is 9.16. The van der Waals surface area contributed by atoms with Gasteiger partial charge in [-0.25, -0.2) is 4.57 Å². The van der Waals surface area contributed by atoms with Crippen molar-refractivity contribution in [1.82, 2.24) is 4.57 Å². The summed E-state index contributed by atoms with van der Waals surface area (Å²) in [5.74, 6) is 0. The Balaban J connectivity index is 2.66. The second kappa shape index (κ2) is 3.68. The Bertz CT molecular complexity index is 524. The Hall–Kier alpha value is -0.910. The number of benzene rings is 1. The van der Waals surface area contributed by atoms with Gasteiger partial charge in [-0.1, -0.05) is 11.6 Å². The van der Waals surface area contributed by atoms with Crippen LogP contribution in [0.4, 0.5) is 0 Å². The molecule has 0 N–H and O–H groups in total. The van der Waals surface area contributed by atoms with Crippen LogP contribution in [0.15, 0.2) is 33.9 Å². The quantitative estimate of drug-likeness (QED) is 0.721. The van der Waals surface area contributed by atoms with Gasteiger partial charge in [-0.2, -0.15) is 0 Å². The van der Waals surface area contributed by atoms with Gasteiger partial charge in [-0.15, -0.1) is 0 Å². The fraction of sp³-hybridized carbons (Fsp3) is 0. The lowest BCUT2D eigenvalue weighted by atomic mass is 10.3. The summed E-state index contributed by atoms with van der Waals surface area (Å²) in [6.45, 7) is 0. The number of hydrogen-bond donors (Lipinski definition) is 0. The molecule has 1 heterocycles. The Morgan fingerprint density at radius 3 is 2.00 bits per heavy atom. The molecule has 72 valence electrons. The predicted molar refractivity (Wildman–Crippen MR) is 59.1 cm³/mol. The highest BCUT2D eigenvalue weighted by Gasteiger charge is 2.05. The largest absolute Gasteiger partial charge is 0.325 e. The maximum absolute atomic E-state index is 11.3. The lowest BCUT2D eigenvalue weighted by Crippen LogP contribution is -2.21. The fourth-order valence-corrected chi connectivity index (χ4v) is 2.75. The molecule has 0 radical (unpaired) electrons. The third-order valence-corrected chi connectivity index (χ3v) is 3.73. The van der Waals surface area contributed by atoms with E-state index >= 15 is 0 Å². The van der Waals surface area contributed by atoms with E-state index in [0.29, 0.717) is 10.7 Å². The molecular formula is C8H4ClNO2S2. The molecule has 1 aromatic heterocycles. The minimum atomic E-state index is -0.262. The van der Waals surface area contributed by atoms with Gasteiger partial charge in [0.2, 0.25) is 0 Å². The smallest absolute Gasteiger partial charge is 0.255 e. The molecule has 0 bridgehead atoms. The highest BCUT2D eigenvalue weighted by Crippen LogP contribution is 2.11. The van der Waals surface area contributed by atoms with Gasteiger partial charge in [0.25, 0.3) is 0 Å². The van der Waals surface area contributed by atoms with Crippen molar-refractivity contribution in [3.8, 4) is 5.69 Å². The molecule has 1 aromatic carbocycles. The van der Waals surface area contributed by atoms with Gasteiger partial charge in [0.05, 0.1) is 5.69 Å². The second-order valence-electron chi connectivity index (χ2n) is 2.51. The molecule has 0 saturated heterocycles. The minimum Gasteiger partial charge on any atom is -0.255 e. The summed E-state index contributed by atoms with van der Waals surface area (Å²) < 4.78 is 1.13. The van der Waals surface area contributed by atoms with Crippen molar-refractivity contribution in [3.63, 3.8) is 0 Å². The lowest BCUT2D eigenvalue weighted by Gasteiger charge is -1.97. The Morgan fingerprint density at radius 2 is 1.50 bits per heavy atom. The molecule has 0 fully saturated rings. The van der Waals surface area contributed by atoms with Gasteiger partial charge in [0.15, 0.2) is 0 Å². The molecule has 2 aromatic rings.